The van der Waals surface area contributed by atoms with Crippen LogP contribution in [0.15, 0.2) is 113 Å². The molecule has 1 aliphatic heterocycles. The molecule has 0 amide bonds. The van der Waals surface area contributed by atoms with Gasteiger partial charge in [-0.25, -0.2) is 0 Å². The lowest BCUT2D eigenvalue weighted by Gasteiger charge is -2.27. The molecule has 7 heteroatoms. The van der Waals surface area contributed by atoms with E-state index in [2.05, 4.69) is 138 Å². The van der Waals surface area contributed by atoms with Crippen molar-refractivity contribution in [1.29, 1.82) is 0 Å². The molecule has 2 aliphatic rings. The zero-order valence-electron chi connectivity index (χ0n) is 30.7. The van der Waals surface area contributed by atoms with Crippen molar-refractivity contribution in [2.75, 3.05) is 4.90 Å². The van der Waals surface area contributed by atoms with E-state index in [1.54, 1.807) is 0 Å². The minimum atomic E-state index is -0.693. The molecule has 0 saturated heterocycles. The summed E-state index contributed by atoms with van der Waals surface area (Å²) in [6.07, 6.45) is 3.80. The number of aliphatic hydroxyl groups is 1. The second kappa shape index (κ2) is 13.7. The van der Waals surface area contributed by atoms with Crippen molar-refractivity contribution in [3.05, 3.63) is 163 Å². The maximum absolute atomic E-state index is 13.7. The lowest BCUT2D eigenvalue weighted by Crippen LogP contribution is -2.14. The summed E-state index contributed by atoms with van der Waals surface area (Å²) in [5.41, 5.74) is 13.3. The third-order valence-corrected chi connectivity index (χ3v) is 11.8. The third kappa shape index (κ3) is 6.29. The number of hydrogen-bond acceptors (Lipinski definition) is 6. The van der Waals surface area contributed by atoms with Gasteiger partial charge in [0, 0.05) is 50.5 Å². The smallest absolute Gasteiger partial charge is 0.251 e. The van der Waals surface area contributed by atoms with Crippen LogP contribution in [-0.2, 0) is 9.59 Å². The number of carbonyl (C=O) groups excluding carboxylic acids is 2. The monoisotopic (exact) mass is 721 g/mol. The van der Waals surface area contributed by atoms with Crippen molar-refractivity contribution < 1.29 is 14.7 Å². The first-order valence-electron chi connectivity index (χ1n) is 17.3. The van der Waals surface area contributed by atoms with Gasteiger partial charge in [0.15, 0.2) is 0 Å². The summed E-state index contributed by atoms with van der Waals surface area (Å²) in [4.78, 5) is 30.8. The molecule has 5 aromatic rings. The summed E-state index contributed by atoms with van der Waals surface area (Å²) in [5.74, 6) is -1.66. The lowest BCUT2D eigenvalue weighted by atomic mass is 10.1. The minimum absolute atomic E-state index is 0.0491. The van der Waals surface area contributed by atoms with Crippen LogP contribution in [0.2, 0.25) is 0 Å². The van der Waals surface area contributed by atoms with E-state index in [0.717, 1.165) is 55.0 Å². The summed E-state index contributed by atoms with van der Waals surface area (Å²) in [6.45, 7) is 16.7. The molecule has 2 heterocycles. The number of hydrogen-bond donors (Lipinski definition) is 1. The zero-order chi connectivity index (χ0) is 37.0. The van der Waals surface area contributed by atoms with Crippen molar-refractivity contribution >= 4 is 73.0 Å². The highest BCUT2D eigenvalue weighted by Crippen LogP contribution is 2.46. The molecule has 0 bridgehead atoms. The number of aryl methyl sites for hydroxylation is 8. The van der Waals surface area contributed by atoms with Gasteiger partial charge in [0.2, 0.25) is 22.9 Å². The van der Waals surface area contributed by atoms with Gasteiger partial charge in [-0.1, -0.05) is 58.7 Å². The Labute approximate surface area is 314 Å². The summed E-state index contributed by atoms with van der Waals surface area (Å²) in [7, 11) is 0. The van der Waals surface area contributed by atoms with Crippen LogP contribution >= 0.6 is 23.1 Å². The molecule has 0 saturated carbocycles. The molecular weight excluding hydrogens is 681 g/mol. The van der Waals surface area contributed by atoms with E-state index in [0.29, 0.717) is 9.78 Å². The number of rotatable bonds is 6. The highest BCUT2D eigenvalue weighted by atomic mass is 32.2. The average Bonchev–Trinajstić information content (AvgIpc) is 3.80. The largest absolute Gasteiger partial charge is 0.506 e. The van der Waals surface area contributed by atoms with E-state index in [-0.39, 0.29) is 16.9 Å². The van der Waals surface area contributed by atoms with Gasteiger partial charge in [-0.3, -0.25) is 9.59 Å². The van der Waals surface area contributed by atoms with Crippen LogP contribution in [0.4, 0.5) is 27.8 Å². The maximum atomic E-state index is 13.7. The predicted molar refractivity (Wildman–Crippen MR) is 220 cm³/mol. The number of benzene rings is 4. The van der Waals surface area contributed by atoms with E-state index in [9.17, 15) is 14.7 Å². The minimum Gasteiger partial charge on any atom is -0.506 e. The Morgan fingerprint density at radius 3 is 1.54 bits per heavy atom. The van der Waals surface area contributed by atoms with Crippen LogP contribution in [0.1, 0.15) is 49.4 Å². The van der Waals surface area contributed by atoms with Gasteiger partial charge in [0.1, 0.15) is 10.8 Å². The number of allylic oxidation sites excluding steroid dienone is 3. The fourth-order valence-electron chi connectivity index (χ4n) is 7.15. The molecule has 0 spiro atoms. The third-order valence-electron chi connectivity index (χ3n) is 9.62. The van der Waals surface area contributed by atoms with E-state index >= 15 is 0 Å². The van der Waals surface area contributed by atoms with E-state index in [1.165, 1.54) is 45.4 Å². The molecule has 0 unspecified atom stereocenters. The van der Waals surface area contributed by atoms with Gasteiger partial charge in [-0.2, -0.15) is 0 Å². The molecule has 0 atom stereocenters. The molecule has 0 radical (unpaired) electrons. The fraction of sp³-hybridized carbons (Fsp3) is 0.178. The molecular formula is C45H41N2O3S2+. The first-order valence-corrected chi connectivity index (χ1v) is 18.9. The molecule has 5 nitrogen and oxygen atoms in total. The first kappa shape index (κ1) is 35.2. The number of aliphatic hydroxyl groups excluding tert-OH is 1. The Kier molecular flexibility index (Phi) is 9.28. The van der Waals surface area contributed by atoms with Crippen LogP contribution in [0.3, 0.4) is 0 Å². The Balaban J connectivity index is 1.33. The van der Waals surface area contributed by atoms with Crippen molar-refractivity contribution in [1.82, 2.24) is 4.58 Å². The van der Waals surface area contributed by atoms with Crippen molar-refractivity contribution in [3.8, 4) is 0 Å². The van der Waals surface area contributed by atoms with Gasteiger partial charge in [-0.05, 0) is 121 Å². The zero-order valence-corrected chi connectivity index (χ0v) is 32.3. The summed E-state index contributed by atoms with van der Waals surface area (Å²) in [5, 5.41) is 13.5. The van der Waals surface area contributed by atoms with Crippen molar-refractivity contribution in [3.63, 3.8) is 0 Å². The number of carbonyl (C=O) groups is 2. The second-order valence-corrected chi connectivity index (χ2v) is 16.0. The van der Waals surface area contributed by atoms with Gasteiger partial charge in [-0.15, -0.1) is 15.9 Å². The Morgan fingerprint density at radius 1 is 0.558 bits per heavy atom. The standard InChI is InChI=1S/C45H40N2O3S2/c1-25-9-13-33(29(5)21-25)46(34-14-10-26(2)22-30(34)6)39-19-17-37(51-39)41-43(48)42(45(50)44(41)49)38-18-20-40(52-38)47(35-15-11-27(3)23-31(35)7)36-16-12-28(4)24-32(36)8/h9-24H,1-8H3/p+1. The molecule has 7 rings (SSSR count). The Bertz CT molecular complexity index is 2370. The summed E-state index contributed by atoms with van der Waals surface area (Å²) in [6, 6.07) is 29.3. The number of thiophene rings is 1. The predicted octanol–water partition coefficient (Wildman–Crippen LogP) is 11.6. The molecule has 1 aliphatic carbocycles. The van der Waals surface area contributed by atoms with E-state index in [4.69, 9.17) is 0 Å². The van der Waals surface area contributed by atoms with E-state index < -0.39 is 11.6 Å². The van der Waals surface area contributed by atoms with Gasteiger partial charge >= 0.3 is 0 Å². The highest BCUT2D eigenvalue weighted by Gasteiger charge is 2.41. The van der Waals surface area contributed by atoms with Crippen LogP contribution in [0, 0.1) is 55.4 Å². The van der Waals surface area contributed by atoms with E-state index in [1.807, 2.05) is 24.3 Å². The number of nitrogens with zero attached hydrogens (tertiary/aromatic N) is 2. The number of anilines is 3. The van der Waals surface area contributed by atoms with Crippen molar-refractivity contribution in [2.24, 2.45) is 0 Å². The van der Waals surface area contributed by atoms with Gasteiger partial charge in [0.05, 0.1) is 11.1 Å². The number of thioether (sulfide) groups is 1. The normalized spacial score (nSPS) is 15.7. The Morgan fingerprint density at radius 2 is 1.04 bits per heavy atom. The second-order valence-electron chi connectivity index (χ2n) is 13.9. The number of ketones is 2. The molecule has 0 fully saturated rings. The summed E-state index contributed by atoms with van der Waals surface area (Å²) < 4.78 is 2.20. The molecule has 52 heavy (non-hydrogen) atoms. The maximum Gasteiger partial charge on any atom is 0.251 e. The molecule has 1 aromatic heterocycles. The first-order chi connectivity index (χ1) is 24.8. The summed E-state index contributed by atoms with van der Waals surface area (Å²) >= 11 is 2.77. The number of Topliss-reactive ketones (excluding diaryl/α,β-unsaturated/α-hetero) is 2. The lowest BCUT2D eigenvalue weighted by molar-refractivity contribution is -0.130. The highest BCUT2D eigenvalue weighted by molar-refractivity contribution is 8.18. The van der Waals surface area contributed by atoms with Crippen LogP contribution in [-0.4, -0.2) is 21.7 Å². The topological polar surface area (TPSA) is 60.6 Å². The van der Waals surface area contributed by atoms with Crippen LogP contribution in [0.5, 0.6) is 0 Å². The molecule has 260 valence electrons. The molecule has 4 aromatic carbocycles. The fourth-order valence-corrected chi connectivity index (χ4v) is 9.30. The SMILES string of the molecule is Cc1ccc(N(c2ccc(C3=C(O)/C(=C4\C=CC(=[N+](c5ccc(C)cc5C)c5ccc(C)cc5C)S4)C(=O)C3=O)s2)c2ccc(C)cc2C)c(C)c1. The van der Waals surface area contributed by atoms with Crippen LogP contribution in [0.25, 0.3) is 5.57 Å². The van der Waals surface area contributed by atoms with Crippen molar-refractivity contribution in [2.45, 2.75) is 55.4 Å². The Hall–Kier alpha value is -5.24. The van der Waals surface area contributed by atoms with Crippen LogP contribution < -0.4 is 9.48 Å². The van der Waals surface area contributed by atoms with Gasteiger partial charge in [0.25, 0.3) is 5.04 Å². The molecule has 1 N–H and O–H groups in total. The van der Waals surface area contributed by atoms with Gasteiger partial charge < -0.3 is 10.0 Å². The average molecular weight is 722 g/mol. The quantitative estimate of drug-likeness (QED) is 0.107.